The fourth-order valence-corrected chi connectivity index (χ4v) is 3.00. The molecule has 1 aromatic rings. The van der Waals surface area contributed by atoms with Crippen LogP contribution in [0, 0.1) is 6.92 Å². The van der Waals surface area contributed by atoms with Crippen LogP contribution >= 0.6 is 0 Å². The lowest BCUT2D eigenvalue weighted by Gasteiger charge is -2.39. The molecule has 0 amide bonds. The SMILES string of the molecule is Cc1cccnc1C1(F)CCC2(CC1)OCCO2. The average molecular weight is 251 g/mol. The van der Waals surface area contributed by atoms with Gasteiger partial charge in [0.2, 0.25) is 0 Å². The standard InChI is InChI=1S/C14H18FNO2/c1-11-3-2-8-16-12(11)13(15)4-6-14(7-5-13)17-9-10-18-14/h2-3,8H,4-7,9-10H2,1H3. The first-order valence-corrected chi connectivity index (χ1v) is 6.53. The Morgan fingerprint density at radius 2 is 1.83 bits per heavy atom. The number of aryl methyl sites for hydroxylation is 1. The van der Waals surface area contributed by atoms with Crippen LogP contribution in [-0.2, 0) is 15.1 Å². The summed E-state index contributed by atoms with van der Waals surface area (Å²) < 4.78 is 26.3. The van der Waals surface area contributed by atoms with Crippen LogP contribution in [0.2, 0.25) is 0 Å². The third-order valence-corrected chi connectivity index (χ3v) is 4.05. The Hall–Kier alpha value is -1.00. The number of aromatic nitrogens is 1. The molecule has 3 rings (SSSR count). The maximum Gasteiger partial charge on any atom is 0.168 e. The zero-order chi connectivity index (χ0) is 12.6. The molecular weight excluding hydrogens is 233 g/mol. The van der Waals surface area contributed by atoms with E-state index in [0.29, 0.717) is 44.6 Å². The highest BCUT2D eigenvalue weighted by molar-refractivity contribution is 5.25. The molecule has 0 unspecified atom stereocenters. The molecule has 18 heavy (non-hydrogen) atoms. The van der Waals surface area contributed by atoms with E-state index in [4.69, 9.17) is 9.47 Å². The number of hydrogen-bond acceptors (Lipinski definition) is 3. The van der Waals surface area contributed by atoms with Gasteiger partial charge in [-0.15, -0.1) is 0 Å². The number of ether oxygens (including phenoxy) is 2. The van der Waals surface area contributed by atoms with E-state index in [9.17, 15) is 0 Å². The van der Waals surface area contributed by atoms with E-state index >= 15 is 4.39 Å². The van der Waals surface area contributed by atoms with Crippen molar-refractivity contribution in [1.29, 1.82) is 0 Å². The third-order valence-electron chi connectivity index (χ3n) is 4.05. The number of rotatable bonds is 1. The van der Waals surface area contributed by atoms with Crippen molar-refractivity contribution in [3.8, 4) is 0 Å². The van der Waals surface area contributed by atoms with Gasteiger partial charge >= 0.3 is 0 Å². The van der Waals surface area contributed by atoms with Gasteiger partial charge in [0.25, 0.3) is 0 Å². The summed E-state index contributed by atoms with van der Waals surface area (Å²) in [6, 6.07) is 3.76. The maximum atomic E-state index is 15.0. The Morgan fingerprint density at radius 3 is 2.44 bits per heavy atom. The second-order valence-electron chi connectivity index (χ2n) is 5.24. The molecule has 4 heteroatoms. The van der Waals surface area contributed by atoms with Crippen molar-refractivity contribution in [3.63, 3.8) is 0 Å². The van der Waals surface area contributed by atoms with E-state index in [0.717, 1.165) is 5.56 Å². The first-order chi connectivity index (χ1) is 8.64. The van der Waals surface area contributed by atoms with Gasteiger partial charge in [-0.05, 0) is 31.4 Å². The van der Waals surface area contributed by atoms with Crippen molar-refractivity contribution in [2.45, 2.75) is 44.1 Å². The Balaban J connectivity index is 1.80. The first-order valence-electron chi connectivity index (χ1n) is 6.53. The summed E-state index contributed by atoms with van der Waals surface area (Å²) in [6.45, 7) is 3.17. The molecule has 2 aliphatic rings. The molecule has 1 aliphatic carbocycles. The van der Waals surface area contributed by atoms with Crippen molar-refractivity contribution in [2.24, 2.45) is 0 Å². The van der Waals surface area contributed by atoms with Crippen molar-refractivity contribution >= 4 is 0 Å². The summed E-state index contributed by atoms with van der Waals surface area (Å²) >= 11 is 0. The molecule has 0 aromatic carbocycles. The Morgan fingerprint density at radius 1 is 1.17 bits per heavy atom. The predicted molar refractivity (Wildman–Crippen MR) is 64.9 cm³/mol. The highest BCUT2D eigenvalue weighted by Crippen LogP contribution is 2.47. The predicted octanol–water partition coefficient (Wildman–Crippen LogP) is 2.87. The number of alkyl halides is 1. The molecule has 0 atom stereocenters. The second-order valence-corrected chi connectivity index (χ2v) is 5.24. The zero-order valence-electron chi connectivity index (χ0n) is 10.6. The zero-order valence-corrected chi connectivity index (χ0v) is 10.6. The van der Waals surface area contributed by atoms with Crippen molar-refractivity contribution in [2.75, 3.05) is 13.2 Å². The van der Waals surface area contributed by atoms with E-state index in [1.165, 1.54) is 0 Å². The third kappa shape index (κ3) is 1.93. The maximum absolute atomic E-state index is 15.0. The lowest BCUT2D eigenvalue weighted by molar-refractivity contribution is -0.195. The van der Waals surface area contributed by atoms with Gasteiger partial charge in [0, 0.05) is 19.0 Å². The Bertz CT molecular complexity index is 433. The largest absolute Gasteiger partial charge is 0.348 e. The van der Waals surface area contributed by atoms with E-state index in [2.05, 4.69) is 4.98 Å². The van der Waals surface area contributed by atoms with Crippen LogP contribution in [0.4, 0.5) is 4.39 Å². The van der Waals surface area contributed by atoms with E-state index in [1.807, 2.05) is 19.1 Å². The molecule has 1 saturated heterocycles. The molecule has 2 heterocycles. The van der Waals surface area contributed by atoms with E-state index in [-0.39, 0.29) is 0 Å². The van der Waals surface area contributed by atoms with Gasteiger partial charge < -0.3 is 9.47 Å². The molecule has 0 bridgehead atoms. The first kappa shape index (κ1) is 12.1. The molecule has 3 nitrogen and oxygen atoms in total. The topological polar surface area (TPSA) is 31.4 Å². The van der Waals surface area contributed by atoms with Gasteiger partial charge in [-0.25, -0.2) is 4.39 Å². The minimum atomic E-state index is -1.33. The highest BCUT2D eigenvalue weighted by Gasteiger charge is 2.48. The van der Waals surface area contributed by atoms with Crippen LogP contribution in [-0.4, -0.2) is 24.0 Å². The molecule has 0 radical (unpaired) electrons. The van der Waals surface area contributed by atoms with Gasteiger partial charge in [-0.2, -0.15) is 0 Å². The summed E-state index contributed by atoms with van der Waals surface area (Å²) in [5.41, 5.74) is 0.174. The summed E-state index contributed by atoms with van der Waals surface area (Å²) in [5.74, 6) is -0.516. The monoisotopic (exact) mass is 251 g/mol. The van der Waals surface area contributed by atoms with Crippen LogP contribution in [0.3, 0.4) is 0 Å². The van der Waals surface area contributed by atoms with Crippen molar-refractivity contribution in [3.05, 3.63) is 29.6 Å². The molecule has 1 aromatic heterocycles. The summed E-state index contributed by atoms with van der Waals surface area (Å²) in [4.78, 5) is 4.23. The molecule has 98 valence electrons. The van der Waals surface area contributed by atoms with E-state index in [1.54, 1.807) is 6.20 Å². The van der Waals surface area contributed by atoms with Crippen LogP contribution in [0.1, 0.15) is 36.9 Å². The van der Waals surface area contributed by atoms with Crippen LogP contribution in [0.25, 0.3) is 0 Å². The normalized spacial score (nSPS) is 25.4. The minimum absolute atomic E-state index is 0.421. The van der Waals surface area contributed by atoms with Gasteiger partial charge in [0.15, 0.2) is 11.5 Å². The van der Waals surface area contributed by atoms with Gasteiger partial charge in [0.05, 0.1) is 18.9 Å². The smallest absolute Gasteiger partial charge is 0.168 e. The highest BCUT2D eigenvalue weighted by atomic mass is 19.1. The molecule has 0 N–H and O–H groups in total. The molecule has 2 fully saturated rings. The van der Waals surface area contributed by atoms with Crippen molar-refractivity contribution in [1.82, 2.24) is 4.98 Å². The summed E-state index contributed by atoms with van der Waals surface area (Å²) in [7, 11) is 0. The Labute approximate surface area is 106 Å². The fourth-order valence-electron chi connectivity index (χ4n) is 3.00. The number of halogens is 1. The molecule has 1 spiro atoms. The fraction of sp³-hybridized carbons (Fsp3) is 0.643. The van der Waals surface area contributed by atoms with Crippen LogP contribution in [0.5, 0.6) is 0 Å². The summed E-state index contributed by atoms with van der Waals surface area (Å²) in [6.07, 6.45) is 3.73. The molecule has 1 aliphatic heterocycles. The molecule has 1 saturated carbocycles. The Kier molecular flexibility index (Phi) is 2.87. The second kappa shape index (κ2) is 4.28. The number of hydrogen-bond donors (Lipinski definition) is 0. The van der Waals surface area contributed by atoms with Gasteiger partial charge in [-0.1, -0.05) is 6.07 Å². The van der Waals surface area contributed by atoms with Gasteiger partial charge in [0.1, 0.15) is 0 Å². The minimum Gasteiger partial charge on any atom is -0.348 e. The number of pyridine rings is 1. The van der Waals surface area contributed by atoms with Gasteiger partial charge in [-0.3, -0.25) is 4.98 Å². The lowest BCUT2D eigenvalue weighted by Crippen LogP contribution is -2.40. The van der Waals surface area contributed by atoms with E-state index < -0.39 is 11.5 Å². The quantitative estimate of drug-likeness (QED) is 0.769. The van der Waals surface area contributed by atoms with Crippen molar-refractivity contribution < 1.29 is 13.9 Å². The molecular formula is C14H18FNO2. The van der Waals surface area contributed by atoms with Crippen LogP contribution in [0.15, 0.2) is 18.3 Å². The number of nitrogens with zero attached hydrogens (tertiary/aromatic N) is 1. The van der Waals surface area contributed by atoms with Crippen LogP contribution < -0.4 is 0 Å². The lowest BCUT2D eigenvalue weighted by atomic mass is 9.79. The summed E-state index contributed by atoms with van der Waals surface area (Å²) in [5, 5.41) is 0. The average Bonchev–Trinajstić information content (AvgIpc) is 2.83.